The van der Waals surface area contributed by atoms with Crippen LogP contribution in [0.15, 0.2) is 21.9 Å². The van der Waals surface area contributed by atoms with E-state index >= 15 is 0 Å². The van der Waals surface area contributed by atoms with E-state index in [4.69, 9.17) is 23.2 Å². The highest BCUT2D eigenvalue weighted by Gasteiger charge is 2.08. The topological polar surface area (TPSA) is 0 Å². The minimum absolute atomic E-state index is 0.853. The van der Waals surface area contributed by atoms with Crippen molar-refractivity contribution in [3.63, 3.8) is 0 Å². The molecule has 0 aromatic heterocycles. The van der Waals surface area contributed by atoms with Gasteiger partial charge in [-0.15, -0.1) is 23.5 Å². The summed E-state index contributed by atoms with van der Waals surface area (Å²) in [5, 5.41) is 1.71. The molecule has 0 atom stereocenters. The zero-order chi connectivity index (χ0) is 17.6. The van der Waals surface area contributed by atoms with Gasteiger partial charge in [0.05, 0.1) is 10.0 Å². The molecule has 4 heteroatoms. The van der Waals surface area contributed by atoms with Gasteiger partial charge in [0.1, 0.15) is 0 Å². The first kappa shape index (κ1) is 22.5. The Morgan fingerprint density at radius 1 is 0.625 bits per heavy atom. The largest absolute Gasteiger partial charge is 0.125 e. The molecule has 0 aliphatic rings. The van der Waals surface area contributed by atoms with Crippen molar-refractivity contribution in [2.24, 2.45) is 0 Å². The van der Waals surface area contributed by atoms with Crippen LogP contribution in [-0.4, -0.2) is 11.5 Å². The summed E-state index contributed by atoms with van der Waals surface area (Å²) in [5.74, 6) is 2.26. The number of hydrogen-bond donors (Lipinski definition) is 0. The molecule has 0 radical (unpaired) electrons. The molecule has 0 aliphatic heterocycles. The summed E-state index contributed by atoms with van der Waals surface area (Å²) < 4.78 is 0. The Hall–Kier alpha value is 0.500. The van der Waals surface area contributed by atoms with E-state index in [1.807, 2.05) is 23.5 Å². The zero-order valence-electron chi connectivity index (χ0n) is 15.2. The van der Waals surface area contributed by atoms with Gasteiger partial charge in [-0.2, -0.15) is 0 Å². The van der Waals surface area contributed by atoms with Gasteiger partial charge in [-0.05, 0) is 36.5 Å². The van der Waals surface area contributed by atoms with Crippen molar-refractivity contribution in [3.8, 4) is 0 Å². The third-order valence-corrected chi connectivity index (χ3v) is 7.13. The van der Waals surface area contributed by atoms with E-state index in [2.05, 4.69) is 26.0 Å². The Morgan fingerprint density at radius 2 is 1.00 bits per heavy atom. The first-order chi connectivity index (χ1) is 11.7. The predicted molar refractivity (Wildman–Crippen MR) is 115 cm³/mol. The molecule has 1 rings (SSSR count). The number of rotatable bonds is 14. The first-order valence-corrected chi connectivity index (χ1v) is 12.2. The lowest BCUT2D eigenvalue weighted by Gasteiger charge is -2.09. The Kier molecular flexibility index (Phi) is 13.8. The number of benzene rings is 1. The lowest BCUT2D eigenvalue weighted by Crippen LogP contribution is -1.86. The Bertz CT molecular complexity index is 408. The van der Waals surface area contributed by atoms with Crippen molar-refractivity contribution in [3.05, 3.63) is 22.2 Å². The van der Waals surface area contributed by atoms with Crippen molar-refractivity contribution < 1.29 is 0 Å². The summed E-state index contributed by atoms with van der Waals surface area (Å²) in [4.78, 5) is 2.26. The van der Waals surface area contributed by atoms with Crippen LogP contribution in [0.2, 0.25) is 10.0 Å². The van der Waals surface area contributed by atoms with Gasteiger partial charge in [0.15, 0.2) is 0 Å². The van der Waals surface area contributed by atoms with E-state index in [-0.39, 0.29) is 0 Å². The Labute approximate surface area is 167 Å². The van der Waals surface area contributed by atoms with Gasteiger partial charge in [-0.25, -0.2) is 0 Å². The average molecular weight is 408 g/mol. The van der Waals surface area contributed by atoms with Crippen molar-refractivity contribution in [2.45, 2.75) is 87.8 Å². The number of hydrogen-bond acceptors (Lipinski definition) is 2. The van der Waals surface area contributed by atoms with E-state index in [9.17, 15) is 0 Å². The van der Waals surface area contributed by atoms with Gasteiger partial charge >= 0.3 is 0 Å². The molecule has 0 amide bonds. The highest BCUT2D eigenvalue weighted by atomic mass is 35.5. The normalized spacial score (nSPS) is 11.2. The summed E-state index contributed by atoms with van der Waals surface area (Å²) >= 11 is 16.6. The van der Waals surface area contributed by atoms with E-state index in [0.717, 1.165) is 31.3 Å². The molecule has 1 aromatic rings. The van der Waals surface area contributed by atoms with Crippen LogP contribution >= 0.6 is 46.7 Å². The smallest absolute Gasteiger partial charge is 0.0554 e. The van der Waals surface area contributed by atoms with Crippen molar-refractivity contribution in [1.82, 2.24) is 0 Å². The monoisotopic (exact) mass is 406 g/mol. The molecule has 0 heterocycles. The molecule has 24 heavy (non-hydrogen) atoms. The summed E-state index contributed by atoms with van der Waals surface area (Å²) in [7, 11) is 0. The minimum atomic E-state index is 0.853. The van der Waals surface area contributed by atoms with Crippen LogP contribution in [0.4, 0.5) is 0 Å². The van der Waals surface area contributed by atoms with Crippen LogP contribution in [0.1, 0.15) is 78.1 Å². The lowest BCUT2D eigenvalue weighted by molar-refractivity contribution is 0.659. The Balaban J connectivity index is 2.33. The maximum absolute atomic E-state index is 6.45. The fourth-order valence-corrected chi connectivity index (χ4v) is 5.22. The van der Waals surface area contributed by atoms with Crippen LogP contribution in [0, 0.1) is 0 Å². The molecule has 0 saturated carbocycles. The van der Waals surface area contributed by atoms with E-state index < -0.39 is 0 Å². The standard InChI is InChI=1S/C20H32Cl2S2/c1-3-5-7-9-11-13-23-19-15-18(22)20(16-17(19)21)24-14-12-10-8-6-4-2/h15-16H,3-14H2,1-2H3. The second-order valence-corrected chi connectivity index (χ2v) is 9.33. The molecule has 0 nitrogen and oxygen atoms in total. The second-order valence-electron chi connectivity index (χ2n) is 6.24. The van der Waals surface area contributed by atoms with Crippen LogP contribution < -0.4 is 0 Å². The molecule has 1 aromatic carbocycles. The number of thioether (sulfide) groups is 2. The molecule has 0 saturated heterocycles. The summed E-state index contributed by atoms with van der Waals surface area (Å²) in [6.07, 6.45) is 13.1. The van der Waals surface area contributed by atoms with E-state index in [0.29, 0.717) is 0 Å². The maximum atomic E-state index is 6.45. The average Bonchev–Trinajstić information content (AvgIpc) is 2.57. The lowest BCUT2D eigenvalue weighted by atomic mass is 10.2. The fraction of sp³-hybridized carbons (Fsp3) is 0.700. The maximum Gasteiger partial charge on any atom is 0.0554 e. The van der Waals surface area contributed by atoms with Gasteiger partial charge in [0.25, 0.3) is 0 Å². The molecular weight excluding hydrogens is 375 g/mol. The minimum Gasteiger partial charge on any atom is -0.125 e. The van der Waals surface area contributed by atoms with Gasteiger partial charge in [0, 0.05) is 9.79 Å². The molecule has 0 N–H and O–H groups in total. The predicted octanol–water partition coefficient (Wildman–Crippen LogP) is 9.12. The summed E-state index contributed by atoms with van der Waals surface area (Å²) in [6.45, 7) is 4.50. The molecule has 0 spiro atoms. The first-order valence-electron chi connectivity index (χ1n) is 9.43. The van der Waals surface area contributed by atoms with Crippen molar-refractivity contribution >= 4 is 46.7 Å². The third kappa shape index (κ3) is 9.85. The number of unbranched alkanes of at least 4 members (excludes halogenated alkanes) is 8. The summed E-state index contributed by atoms with van der Waals surface area (Å²) in [5.41, 5.74) is 0. The van der Waals surface area contributed by atoms with Crippen LogP contribution in [0.5, 0.6) is 0 Å². The molecule has 0 aliphatic carbocycles. The zero-order valence-corrected chi connectivity index (χ0v) is 18.4. The molecular formula is C20H32Cl2S2. The molecule has 0 fully saturated rings. The third-order valence-electron chi connectivity index (χ3n) is 4.00. The van der Waals surface area contributed by atoms with E-state index in [1.165, 1.54) is 64.2 Å². The van der Waals surface area contributed by atoms with Crippen molar-refractivity contribution in [1.29, 1.82) is 0 Å². The van der Waals surface area contributed by atoms with E-state index in [1.54, 1.807) is 0 Å². The highest BCUT2D eigenvalue weighted by molar-refractivity contribution is 7.99. The fourth-order valence-electron chi connectivity index (χ4n) is 2.51. The summed E-state index contributed by atoms with van der Waals surface area (Å²) in [6, 6.07) is 4.11. The van der Waals surface area contributed by atoms with Gasteiger partial charge < -0.3 is 0 Å². The second kappa shape index (κ2) is 14.6. The SMILES string of the molecule is CCCCCCCSc1cc(Cl)c(SCCCCCCC)cc1Cl. The Morgan fingerprint density at radius 3 is 1.38 bits per heavy atom. The van der Waals surface area contributed by atoms with Gasteiger partial charge in [0.2, 0.25) is 0 Å². The van der Waals surface area contributed by atoms with Crippen molar-refractivity contribution in [2.75, 3.05) is 11.5 Å². The molecule has 138 valence electrons. The molecule has 0 unspecified atom stereocenters. The molecule has 0 bridgehead atoms. The van der Waals surface area contributed by atoms with Gasteiger partial charge in [-0.3, -0.25) is 0 Å². The van der Waals surface area contributed by atoms with Gasteiger partial charge in [-0.1, -0.05) is 88.4 Å². The van der Waals surface area contributed by atoms with Crippen LogP contribution in [0.25, 0.3) is 0 Å². The van der Waals surface area contributed by atoms with Crippen LogP contribution in [-0.2, 0) is 0 Å². The van der Waals surface area contributed by atoms with Crippen LogP contribution in [0.3, 0.4) is 0 Å². The number of halogens is 2. The quantitative estimate of drug-likeness (QED) is 0.223. The highest BCUT2D eigenvalue weighted by Crippen LogP contribution is 2.37.